The molecule has 4 rings (SSSR count). The van der Waals surface area contributed by atoms with Gasteiger partial charge in [-0.15, -0.1) is 0 Å². The molecule has 0 unspecified atom stereocenters. The molecule has 4 aromatic rings. The second kappa shape index (κ2) is 7.78. The minimum Gasteiger partial charge on any atom is -0.493 e. The molecular weight excluding hydrogens is 340 g/mol. The molecule has 27 heavy (non-hydrogen) atoms. The Hall–Kier alpha value is -2.88. The molecule has 0 spiro atoms. The summed E-state index contributed by atoms with van der Waals surface area (Å²) in [4.78, 5) is 0. The highest BCUT2D eigenvalue weighted by Crippen LogP contribution is 2.26. The Morgan fingerprint density at radius 2 is 1.15 bits per heavy atom. The van der Waals surface area contributed by atoms with Crippen molar-refractivity contribution in [2.24, 2.45) is 0 Å². The van der Waals surface area contributed by atoms with Gasteiger partial charge in [-0.05, 0) is 68.5 Å². The number of benzene rings is 2. The van der Waals surface area contributed by atoms with Gasteiger partial charge in [0.15, 0.2) is 0 Å². The van der Waals surface area contributed by atoms with Crippen LogP contribution in [0.15, 0.2) is 57.8 Å². The van der Waals surface area contributed by atoms with Crippen LogP contribution in [0.4, 0.5) is 0 Å². The lowest BCUT2D eigenvalue weighted by atomic mass is 10.2. The number of ether oxygens (including phenoxy) is 2. The Balaban J connectivity index is 1.16. The SMILES string of the molecule is Cc1coc2cc(OCCCCCOc3ccc4c(C)coc4c3)ccc12. The number of furan rings is 2. The fourth-order valence-electron chi connectivity index (χ4n) is 3.22. The Labute approximate surface area is 158 Å². The van der Waals surface area contributed by atoms with Crippen LogP contribution < -0.4 is 9.47 Å². The molecule has 0 radical (unpaired) electrons. The molecule has 0 saturated carbocycles. The van der Waals surface area contributed by atoms with Crippen molar-refractivity contribution in [2.75, 3.05) is 13.2 Å². The standard InChI is InChI=1S/C23H24O4/c1-16-14-26-22-12-18(6-8-20(16)22)24-10-4-3-5-11-25-19-7-9-21-17(2)15-27-23(21)13-19/h6-9,12-15H,3-5,10-11H2,1-2H3. The van der Waals surface area contributed by atoms with E-state index >= 15 is 0 Å². The van der Waals surface area contributed by atoms with Crippen LogP contribution in [0.5, 0.6) is 11.5 Å². The summed E-state index contributed by atoms with van der Waals surface area (Å²) in [6.45, 7) is 5.48. The predicted molar refractivity (Wildman–Crippen MR) is 107 cm³/mol. The topological polar surface area (TPSA) is 44.7 Å². The van der Waals surface area contributed by atoms with E-state index in [2.05, 4.69) is 12.1 Å². The normalized spacial score (nSPS) is 11.3. The average Bonchev–Trinajstić information content (AvgIpc) is 3.23. The van der Waals surface area contributed by atoms with Gasteiger partial charge in [0.2, 0.25) is 0 Å². The summed E-state index contributed by atoms with van der Waals surface area (Å²) in [6, 6.07) is 12.0. The highest BCUT2D eigenvalue weighted by Gasteiger charge is 2.05. The van der Waals surface area contributed by atoms with Crippen LogP contribution >= 0.6 is 0 Å². The van der Waals surface area contributed by atoms with Crippen molar-refractivity contribution in [3.63, 3.8) is 0 Å². The van der Waals surface area contributed by atoms with Crippen molar-refractivity contribution in [3.8, 4) is 11.5 Å². The molecule has 2 aromatic heterocycles. The molecular formula is C23H24O4. The second-order valence-corrected chi connectivity index (χ2v) is 6.91. The lowest BCUT2D eigenvalue weighted by molar-refractivity contribution is 0.279. The molecule has 140 valence electrons. The molecule has 0 bridgehead atoms. The van der Waals surface area contributed by atoms with Crippen LogP contribution in [0.25, 0.3) is 21.9 Å². The number of hydrogen-bond donors (Lipinski definition) is 0. The first kappa shape index (κ1) is 17.5. The average molecular weight is 364 g/mol. The van der Waals surface area contributed by atoms with E-state index in [1.807, 2.05) is 38.1 Å². The molecule has 0 amide bonds. The third-order valence-corrected chi connectivity index (χ3v) is 4.81. The zero-order valence-corrected chi connectivity index (χ0v) is 15.8. The largest absolute Gasteiger partial charge is 0.493 e. The maximum Gasteiger partial charge on any atom is 0.137 e. The molecule has 0 aliphatic heterocycles. The molecule has 4 heteroatoms. The summed E-state index contributed by atoms with van der Waals surface area (Å²) in [5, 5.41) is 2.28. The van der Waals surface area contributed by atoms with Gasteiger partial charge in [-0.2, -0.15) is 0 Å². The number of fused-ring (bicyclic) bond motifs is 2. The Morgan fingerprint density at radius 3 is 1.63 bits per heavy atom. The zero-order chi connectivity index (χ0) is 18.6. The summed E-state index contributed by atoms with van der Waals surface area (Å²) in [5.74, 6) is 1.71. The van der Waals surface area contributed by atoms with Gasteiger partial charge in [0.05, 0.1) is 25.7 Å². The maximum atomic E-state index is 5.83. The minimum absolute atomic E-state index is 0.697. The second-order valence-electron chi connectivity index (χ2n) is 6.91. The van der Waals surface area contributed by atoms with Crippen molar-refractivity contribution >= 4 is 21.9 Å². The van der Waals surface area contributed by atoms with Gasteiger partial charge in [-0.1, -0.05) is 0 Å². The van der Waals surface area contributed by atoms with Crippen molar-refractivity contribution in [3.05, 3.63) is 60.1 Å². The molecule has 0 saturated heterocycles. The number of hydrogen-bond acceptors (Lipinski definition) is 4. The minimum atomic E-state index is 0.697. The summed E-state index contributed by atoms with van der Waals surface area (Å²) in [7, 11) is 0. The summed E-state index contributed by atoms with van der Waals surface area (Å²) in [5.41, 5.74) is 4.06. The third-order valence-electron chi connectivity index (χ3n) is 4.81. The van der Waals surface area contributed by atoms with Crippen molar-refractivity contribution in [1.29, 1.82) is 0 Å². The van der Waals surface area contributed by atoms with Gasteiger partial charge in [0, 0.05) is 22.9 Å². The van der Waals surface area contributed by atoms with E-state index in [-0.39, 0.29) is 0 Å². The van der Waals surface area contributed by atoms with E-state index in [4.69, 9.17) is 18.3 Å². The van der Waals surface area contributed by atoms with Crippen LogP contribution in [-0.4, -0.2) is 13.2 Å². The molecule has 0 atom stereocenters. The first-order valence-corrected chi connectivity index (χ1v) is 9.42. The van der Waals surface area contributed by atoms with E-state index < -0.39 is 0 Å². The van der Waals surface area contributed by atoms with Gasteiger partial charge in [-0.3, -0.25) is 0 Å². The van der Waals surface area contributed by atoms with E-state index in [0.29, 0.717) is 13.2 Å². The summed E-state index contributed by atoms with van der Waals surface area (Å²) in [6.07, 6.45) is 6.60. The quantitative estimate of drug-likeness (QED) is 0.338. The van der Waals surface area contributed by atoms with Gasteiger partial charge < -0.3 is 18.3 Å². The predicted octanol–water partition coefficient (Wildman–Crippen LogP) is 6.42. The van der Waals surface area contributed by atoms with Crippen LogP contribution in [0.1, 0.15) is 30.4 Å². The number of unbranched alkanes of at least 4 members (excludes halogenated alkanes) is 2. The van der Waals surface area contributed by atoms with Gasteiger partial charge in [-0.25, -0.2) is 0 Å². The Bertz CT molecular complexity index is 957. The van der Waals surface area contributed by atoms with E-state index in [1.165, 1.54) is 0 Å². The smallest absolute Gasteiger partial charge is 0.137 e. The maximum absolute atomic E-state index is 5.83. The summed E-state index contributed by atoms with van der Waals surface area (Å²) < 4.78 is 22.7. The monoisotopic (exact) mass is 364 g/mol. The Morgan fingerprint density at radius 1 is 0.667 bits per heavy atom. The number of rotatable bonds is 8. The fourth-order valence-corrected chi connectivity index (χ4v) is 3.22. The van der Waals surface area contributed by atoms with Crippen molar-refractivity contribution in [1.82, 2.24) is 0 Å². The first-order valence-electron chi connectivity index (χ1n) is 9.42. The molecule has 0 aliphatic rings. The zero-order valence-electron chi connectivity index (χ0n) is 15.8. The van der Waals surface area contributed by atoms with Crippen LogP contribution in [0, 0.1) is 13.8 Å². The van der Waals surface area contributed by atoms with Gasteiger partial charge >= 0.3 is 0 Å². The van der Waals surface area contributed by atoms with Crippen LogP contribution in [-0.2, 0) is 0 Å². The van der Waals surface area contributed by atoms with Gasteiger partial charge in [0.1, 0.15) is 22.7 Å². The molecule has 2 aromatic carbocycles. The van der Waals surface area contributed by atoms with E-state index in [1.54, 1.807) is 12.5 Å². The molecule has 4 nitrogen and oxygen atoms in total. The van der Waals surface area contributed by atoms with Crippen molar-refractivity contribution in [2.45, 2.75) is 33.1 Å². The van der Waals surface area contributed by atoms with E-state index in [9.17, 15) is 0 Å². The third kappa shape index (κ3) is 3.95. The van der Waals surface area contributed by atoms with Crippen molar-refractivity contribution < 1.29 is 18.3 Å². The highest BCUT2D eigenvalue weighted by atomic mass is 16.5. The Kier molecular flexibility index (Phi) is 5.05. The van der Waals surface area contributed by atoms with E-state index in [0.717, 1.165) is 63.8 Å². The van der Waals surface area contributed by atoms with Crippen LogP contribution in [0.2, 0.25) is 0 Å². The molecule has 0 N–H and O–H groups in total. The molecule has 0 aliphatic carbocycles. The molecule has 2 heterocycles. The lowest BCUT2D eigenvalue weighted by Gasteiger charge is -2.08. The number of aryl methyl sites for hydroxylation is 2. The summed E-state index contributed by atoms with van der Waals surface area (Å²) >= 11 is 0. The highest BCUT2D eigenvalue weighted by molar-refractivity contribution is 5.82. The first-order chi connectivity index (χ1) is 13.2. The molecule has 0 fully saturated rings. The fraction of sp³-hybridized carbons (Fsp3) is 0.304. The van der Waals surface area contributed by atoms with Gasteiger partial charge in [0.25, 0.3) is 0 Å². The lowest BCUT2D eigenvalue weighted by Crippen LogP contribution is -2.01. The van der Waals surface area contributed by atoms with Crippen LogP contribution in [0.3, 0.4) is 0 Å².